The van der Waals surface area contributed by atoms with Crippen molar-refractivity contribution < 1.29 is 17.9 Å². The van der Waals surface area contributed by atoms with Gasteiger partial charge in [-0.1, -0.05) is 23.8 Å². The van der Waals surface area contributed by atoms with Crippen LogP contribution in [0.2, 0.25) is 0 Å². The van der Waals surface area contributed by atoms with Crippen LogP contribution in [-0.4, -0.2) is 53.4 Å². The fraction of sp³-hybridized carbons (Fsp3) is 0.296. The number of amides is 1. The van der Waals surface area contributed by atoms with Gasteiger partial charge in [-0.2, -0.15) is 9.40 Å². The van der Waals surface area contributed by atoms with Gasteiger partial charge in [-0.05, 0) is 69.5 Å². The summed E-state index contributed by atoms with van der Waals surface area (Å²) in [7, 11) is -2.34. The third kappa shape index (κ3) is 4.58. The molecule has 0 radical (unpaired) electrons. The van der Waals surface area contributed by atoms with Crippen LogP contribution >= 0.6 is 0 Å². The number of benzene rings is 2. The maximum absolute atomic E-state index is 13.5. The summed E-state index contributed by atoms with van der Waals surface area (Å²) in [6.45, 7) is 6.66. The van der Waals surface area contributed by atoms with Crippen LogP contribution in [0.25, 0.3) is 16.8 Å². The molecule has 0 atom stereocenters. The van der Waals surface area contributed by atoms with Crippen LogP contribution in [0.4, 0.5) is 5.69 Å². The molecule has 4 aromatic rings. The lowest BCUT2D eigenvalue weighted by Gasteiger charge is -2.18. The summed E-state index contributed by atoms with van der Waals surface area (Å²) < 4.78 is 35.6. The van der Waals surface area contributed by atoms with Crippen molar-refractivity contribution in [1.82, 2.24) is 18.9 Å². The molecule has 192 valence electrons. The molecule has 2 aromatic carbocycles. The lowest BCUT2D eigenvalue weighted by atomic mass is 10.0. The number of hydrogen-bond donors (Lipinski definition) is 1. The van der Waals surface area contributed by atoms with Crippen LogP contribution in [0.3, 0.4) is 0 Å². The smallest absolute Gasteiger partial charge is 0.276 e. The van der Waals surface area contributed by atoms with E-state index in [-0.39, 0.29) is 16.3 Å². The molecule has 0 saturated carbocycles. The van der Waals surface area contributed by atoms with Gasteiger partial charge in [-0.3, -0.25) is 4.79 Å². The Labute approximate surface area is 216 Å². The average Bonchev–Trinajstić information content (AvgIpc) is 3.54. The number of rotatable bonds is 6. The monoisotopic (exact) mass is 519 g/mol. The van der Waals surface area contributed by atoms with Crippen molar-refractivity contribution in [3.05, 3.63) is 71.2 Å². The van der Waals surface area contributed by atoms with Gasteiger partial charge < -0.3 is 10.1 Å². The van der Waals surface area contributed by atoms with Gasteiger partial charge in [-0.15, -0.1) is 0 Å². The molecule has 1 N–H and O–H groups in total. The normalized spacial score (nSPS) is 14.3. The molecule has 5 rings (SSSR count). The Balaban J connectivity index is 1.69. The largest absolute Gasteiger partial charge is 0.495 e. The van der Waals surface area contributed by atoms with Crippen molar-refractivity contribution >= 4 is 27.3 Å². The SMILES string of the molecule is COc1ccc(-c2c(C(=O)Nc3ccc(C)cc3)nn3c(C)cc(C)nc23)cc1S(=O)(=O)N1CCCC1. The minimum atomic E-state index is -3.79. The summed E-state index contributed by atoms with van der Waals surface area (Å²) in [6.07, 6.45) is 1.64. The summed E-state index contributed by atoms with van der Waals surface area (Å²) in [6, 6.07) is 14.3. The first-order valence-electron chi connectivity index (χ1n) is 12.1. The Kier molecular flexibility index (Phi) is 6.47. The molecule has 3 heterocycles. The number of sulfonamides is 1. The lowest BCUT2D eigenvalue weighted by molar-refractivity contribution is 0.102. The lowest BCUT2D eigenvalue weighted by Crippen LogP contribution is -2.28. The Morgan fingerprint density at radius 3 is 2.38 bits per heavy atom. The first-order valence-corrected chi connectivity index (χ1v) is 13.6. The molecular formula is C27H29N5O4S. The van der Waals surface area contributed by atoms with E-state index in [0.717, 1.165) is 29.8 Å². The van der Waals surface area contributed by atoms with Crippen LogP contribution in [0.15, 0.2) is 53.4 Å². The summed E-state index contributed by atoms with van der Waals surface area (Å²) in [4.78, 5) is 18.2. The van der Waals surface area contributed by atoms with Gasteiger partial charge >= 0.3 is 0 Å². The maximum atomic E-state index is 13.5. The second-order valence-electron chi connectivity index (χ2n) is 9.29. The zero-order valence-electron chi connectivity index (χ0n) is 21.3. The number of nitrogens with zero attached hydrogens (tertiary/aromatic N) is 4. The molecular weight excluding hydrogens is 490 g/mol. The minimum Gasteiger partial charge on any atom is -0.495 e. The summed E-state index contributed by atoms with van der Waals surface area (Å²) in [5.74, 6) is -0.167. The fourth-order valence-corrected chi connectivity index (χ4v) is 6.37. The highest BCUT2D eigenvalue weighted by Gasteiger charge is 2.31. The minimum absolute atomic E-state index is 0.0583. The first kappa shape index (κ1) is 24.9. The van der Waals surface area contributed by atoms with E-state index in [1.165, 1.54) is 11.4 Å². The molecule has 0 unspecified atom stereocenters. The maximum Gasteiger partial charge on any atom is 0.276 e. The van der Waals surface area contributed by atoms with Crippen molar-refractivity contribution in [2.24, 2.45) is 0 Å². The number of aryl methyl sites for hydroxylation is 3. The Bertz CT molecular complexity index is 1600. The Morgan fingerprint density at radius 1 is 1.00 bits per heavy atom. The van der Waals surface area contributed by atoms with Crippen LogP contribution in [0.5, 0.6) is 5.75 Å². The highest BCUT2D eigenvalue weighted by atomic mass is 32.2. The van der Waals surface area contributed by atoms with E-state index in [1.807, 2.05) is 51.1 Å². The summed E-state index contributed by atoms with van der Waals surface area (Å²) >= 11 is 0. The predicted octanol–water partition coefficient (Wildman–Crippen LogP) is 4.37. The van der Waals surface area contributed by atoms with Gasteiger partial charge in [-0.25, -0.2) is 17.9 Å². The third-order valence-electron chi connectivity index (χ3n) is 6.55. The third-order valence-corrected chi connectivity index (χ3v) is 8.47. The first-order chi connectivity index (χ1) is 17.7. The number of aromatic nitrogens is 3. The quantitative estimate of drug-likeness (QED) is 0.406. The van der Waals surface area contributed by atoms with Gasteiger partial charge in [0.15, 0.2) is 11.3 Å². The molecule has 1 amide bonds. The number of nitrogens with one attached hydrogen (secondary N) is 1. The zero-order valence-corrected chi connectivity index (χ0v) is 22.1. The number of methoxy groups -OCH3 is 1. The number of fused-ring (bicyclic) bond motifs is 1. The van der Waals surface area contributed by atoms with Crippen LogP contribution in [0.1, 0.15) is 40.3 Å². The number of carbonyl (C=O) groups is 1. The average molecular weight is 520 g/mol. The summed E-state index contributed by atoms with van der Waals surface area (Å²) in [5, 5.41) is 7.52. The van der Waals surface area contributed by atoms with Crippen molar-refractivity contribution in [2.75, 3.05) is 25.5 Å². The van der Waals surface area contributed by atoms with Crippen molar-refractivity contribution in [1.29, 1.82) is 0 Å². The van der Waals surface area contributed by atoms with E-state index >= 15 is 0 Å². The van der Waals surface area contributed by atoms with E-state index in [4.69, 9.17) is 4.74 Å². The molecule has 1 aliphatic heterocycles. The zero-order chi connectivity index (χ0) is 26.3. The van der Waals surface area contributed by atoms with E-state index in [0.29, 0.717) is 35.6 Å². The molecule has 37 heavy (non-hydrogen) atoms. The van der Waals surface area contributed by atoms with Crippen molar-refractivity contribution in [3.8, 4) is 16.9 Å². The second kappa shape index (κ2) is 9.60. The highest BCUT2D eigenvalue weighted by Crippen LogP contribution is 2.36. The molecule has 1 aliphatic rings. The standard InChI is InChI=1S/C27H29N5O4S/c1-17-7-10-21(11-8-17)29-27(33)25-24(26-28-18(2)15-19(3)32(26)30-25)20-9-12-22(36-4)23(16-20)37(34,35)31-13-5-6-14-31/h7-12,15-16H,5-6,13-14H2,1-4H3,(H,29,33). The predicted molar refractivity (Wildman–Crippen MR) is 142 cm³/mol. The van der Waals surface area contributed by atoms with E-state index < -0.39 is 15.9 Å². The van der Waals surface area contributed by atoms with Gasteiger partial charge in [0.25, 0.3) is 5.91 Å². The van der Waals surface area contributed by atoms with Crippen molar-refractivity contribution in [3.63, 3.8) is 0 Å². The van der Waals surface area contributed by atoms with Crippen molar-refractivity contribution in [2.45, 2.75) is 38.5 Å². The molecule has 0 spiro atoms. The topological polar surface area (TPSA) is 106 Å². The number of hydrogen-bond acceptors (Lipinski definition) is 6. The number of carbonyl (C=O) groups excluding carboxylic acids is 1. The number of anilines is 1. The molecule has 0 aliphatic carbocycles. The Morgan fingerprint density at radius 2 is 1.70 bits per heavy atom. The fourth-order valence-electron chi connectivity index (χ4n) is 4.67. The van der Waals surface area contributed by atoms with Gasteiger partial charge in [0.1, 0.15) is 10.6 Å². The molecule has 1 saturated heterocycles. The van der Waals surface area contributed by atoms with Gasteiger partial charge in [0.2, 0.25) is 10.0 Å². The molecule has 0 bridgehead atoms. The molecule has 9 nitrogen and oxygen atoms in total. The molecule has 10 heteroatoms. The van der Waals surface area contributed by atoms with E-state index in [1.54, 1.807) is 22.7 Å². The van der Waals surface area contributed by atoms with Crippen LogP contribution < -0.4 is 10.1 Å². The summed E-state index contributed by atoms with van der Waals surface area (Å²) in [5.41, 5.74) is 4.86. The van der Waals surface area contributed by atoms with Crippen LogP contribution in [-0.2, 0) is 10.0 Å². The van der Waals surface area contributed by atoms with Crippen LogP contribution in [0, 0.1) is 20.8 Å². The van der Waals surface area contributed by atoms with E-state index in [2.05, 4.69) is 15.4 Å². The van der Waals surface area contributed by atoms with Gasteiger partial charge in [0, 0.05) is 30.2 Å². The van der Waals surface area contributed by atoms with Gasteiger partial charge in [0.05, 0.1) is 12.7 Å². The van der Waals surface area contributed by atoms with E-state index in [9.17, 15) is 13.2 Å². The number of ether oxygens (including phenoxy) is 1. The Hall–Kier alpha value is -3.76. The molecule has 1 fully saturated rings. The second-order valence-corrected chi connectivity index (χ2v) is 11.2. The molecule has 2 aromatic heterocycles. The highest BCUT2D eigenvalue weighted by molar-refractivity contribution is 7.89.